The predicted octanol–water partition coefficient (Wildman–Crippen LogP) is 4.93. The Balaban J connectivity index is 1.75. The van der Waals surface area contributed by atoms with Gasteiger partial charge in [-0.1, -0.05) is 36.8 Å². The van der Waals surface area contributed by atoms with Gasteiger partial charge in [-0.15, -0.1) is 0 Å². The van der Waals surface area contributed by atoms with Gasteiger partial charge in [0.15, 0.2) is 6.61 Å². The first kappa shape index (κ1) is 21.5. The second kappa shape index (κ2) is 9.50. The summed E-state index contributed by atoms with van der Waals surface area (Å²) in [6.45, 7) is 0.00153. The molecule has 0 aromatic heterocycles. The van der Waals surface area contributed by atoms with E-state index in [0.29, 0.717) is 12.1 Å². The molecule has 158 valence electrons. The van der Waals surface area contributed by atoms with Crippen molar-refractivity contribution in [2.45, 2.75) is 38.0 Å². The summed E-state index contributed by atoms with van der Waals surface area (Å²) in [5, 5.41) is 2.20. The maximum absolute atomic E-state index is 12.6. The predicted molar refractivity (Wildman–Crippen MR) is 109 cm³/mol. The second-order valence-corrected chi connectivity index (χ2v) is 7.54. The third-order valence-corrected chi connectivity index (χ3v) is 5.11. The number of rotatable bonds is 7. The van der Waals surface area contributed by atoms with E-state index in [4.69, 9.17) is 4.74 Å². The molecule has 3 rings (SSSR count). The fourth-order valence-corrected chi connectivity index (χ4v) is 3.61. The van der Waals surface area contributed by atoms with Gasteiger partial charge >= 0.3 is 6.18 Å². The van der Waals surface area contributed by atoms with Gasteiger partial charge in [0.2, 0.25) is 0 Å². The van der Waals surface area contributed by atoms with E-state index in [9.17, 15) is 13.2 Å². The van der Waals surface area contributed by atoms with Gasteiger partial charge in [-0.25, -0.2) is 5.01 Å². The lowest BCUT2D eigenvalue weighted by molar-refractivity contribution is -0.153. The summed E-state index contributed by atoms with van der Waals surface area (Å²) in [5.74, 6) is 0.258. The molecule has 1 heterocycles. The van der Waals surface area contributed by atoms with Crippen molar-refractivity contribution in [3.63, 3.8) is 0 Å². The third-order valence-electron chi connectivity index (χ3n) is 5.11. The lowest BCUT2D eigenvalue weighted by Gasteiger charge is -2.36. The average molecular weight is 407 g/mol. The van der Waals surface area contributed by atoms with Gasteiger partial charge in [-0.2, -0.15) is 13.2 Å². The molecule has 2 aromatic rings. The van der Waals surface area contributed by atoms with Crippen molar-refractivity contribution < 1.29 is 17.9 Å². The minimum Gasteiger partial charge on any atom is -0.484 e. The highest BCUT2D eigenvalue weighted by Gasteiger charge is 2.29. The molecule has 0 bridgehead atoms. The maximum atomic E-state index is 12.6. The van der Waals surface area contributed by atoms with Gasteiger partial charge < -0.3 is 9.64 Å². The Bertz CT molecular complexity index is 781. The van der Waals surface area contributed by atoms with E-state index in [-0.39, 0.29) is 11.8 Å². The van der Waals surface area contributed by atoms with Crippen LogP contribution in [0.2, 0.25) is 0 Å². The van der Waals surface area contributed by atoms with Gasteiger partial charge in [0.1, 0.15) is 5.75 Å². The summed E-state index contributed by atoms with van der Waals surface area (Å²) in [7, 11) is 3.80. The lowest BCUT2D eigenvalue weighted by Crippen LogP contribution is -2.43. The number of ether oxygens (including phenoxy) is 1. The Kier molecular flexibility index (Phi) is 7.03. The normalized spacial score (nSPS) is 17.9. The molecule has 0 saturated carbocycles. The minimum absolute atomic E-state index is 0.251. The molecular formula is C22H28F3N3O. The Morgan fingerprint density at radius 3 is 2.55 bits per heavy atom. The quantitative estimate of drug-likeness (QED) is 0.705. The number of alkyl halides is 3. The molecular weight excluding hydrogens is 379 g/mol. The van der Waals surface area contributed by atoms with Crippen molar-refractivity contribution in [2.75, 3.05) is 32.1 Å². The van der Waals surface area contributed by atoms with Crippen LogP contribution in [0.5, 0.6) is 5.75 Å². The van der Waals surface area contributed by atoms with Crippen molar-refractivity contribution in [1.29, 1.82) is 0 Å². The number of halogens is 3. The number of benzene rings is 2. The fraction of sp³-hybridized carbons (Fsp3) is 0.455. The van der Waals surface area contributed by atoms with Crippen LogP contribution in [0.3, 0.4) is 0 Å². The third kappa shape index (κ3) is 6.11. The number of nitrogens with one attached hydrogen (secondary N) is 1. The van der Waals surface area contributed by atoms with Crippen molar-refractivity contribution in [2.24, 2.45) is 0 Å². The second-order valence-electron chi connectivity index (χ2n) is 7.54. The smallest absolute Gasteiger partial charge is 0.422 e. The van der Waals surface area contributed by atoms with Gasteiger partial charge in [0, 0.05) is 44.5 Å². The summed E-state index contributed by atoms with van der Waals surface area (Å²) < 4.78 is 43.0. The minimum atomic E-state index is -4.36. The molecule has 1 unspecified atom stereocenters. The van der Waals surface area contributed by atoms with E-state index in [2.05, 4.69) is 22.6 Å². The Labute approximate surface area is 170 Å². The summed E-state index contributed by atoms with van der Waals surface area (Å²) in [5.41, 5.74) is 6.31. The zero-order chi connectivity index (χ0) is 20.9. The summed E-state index contributed by atoms with van der Waals surface area (Å²) >= 11 is 0. The molecule has 7 heteroatoms. The molecule has 1 saturated heterocycles. The van der Waals surface area contributed by atoms with E-state index < -0.39 is 12.8 Å². The van der Waals surface area contributed by atoms with Crippen LogP contribution < -0.4 is 15.1 Å². The topological polar surface area (TPSA) is 27.7 Å². The summed E-state index contributed by atoms with van der Waals surface area (Å²) in [6, 6.07) is 15.8. The zero-order valence-corrected chi connectivity index (χ0v) is 16.9. The number of piperidine rings is 1. The summed E-state index contributed by atoms with van der Waals surface area (Å²) in [4.78, 5) is 1.92. The molecule has 1 aliphatic rings. The molecule has 2 aromatic carbocycles. The zero-order valence-electron chi connectivity index (χ0n) is 16.9. The average Bonchev–Trinajstić information content (AvgIpc) is 2.71. The highest BCUT2D eigenvalue weighted by molar-refractivity contribution is 5.52. The van der Waals surface area contributed by atoms with E-state index in [1.165, 1.54) is 5.56 Å². The van der Waals surface area contributed by atoms with Crippen molar-refractivity contribution in [1.82, 2.24) is 10.4 Å². The number of hydrogen-bond donors (Lipinski definition) is 1. The standard InChI is InChI=1S/C22H28F3N3O/c1-27(2)19-11-12-21(29-16-22(23,24)25)18(14-19)15-26-28-13-7-6-10-20(28)17-8-4-3-5-9-17/h3-5,8-9,11-12,14,20,26H,6-7,10,13,15-16H2,1-2H3. The molecule has 1 N–H and O–H groups in total. The molecule has 1 atom stereocenters. The Hall–Kier alpha value is -2.25. The van der Waals surface area contributed by atoms with Crippen LogP contribution >= 0.6 is 0 Å². The van der Waals surface area contributed by atoms with Gasteiger partial charge in [0.05, 0.1) is 0 Å². The van der Waals surface area contributed by atoms with Crippen LogP contribution in [0.4, 0.5) is 18.9 Å². The number of hydrazine groups is 1. The van der Waals surface area contributed by atoms with Gasteiger partial charge in [0.25, 0.3) is 0 Å². The molecule has 0 aliphatic carbocycles. The van der Waals surface area contributed by atoms with E-state index >= 15 is 0 Å². The lowest BCUT2D eigenvalue weighted by atomic mass is 9.97. The Morgan fingerprint density at radius 2 is 1.86 bits per heavy atom. The highest BCUT2D eigenvalue weighted by Crippen LogP contribution is 2.31. The molecule has 1 fully saturated rings. The largest absolute Gasteiger partial charge is 0.484 e. The molecule has 0 spiro atoms. The van der Waals surface area contributed by atoms with Crippen LogP contribution in [0.15, 0.2) is 48.5 Å². The maximum Gasteiger partial charge on any atom is 0.422 e. The molecule has 0 radical (unpaired) electrons. The van der Waals surface area contributed by atoms with Crippen LogP contribution in [-0.2, 0) is 6.54 Å². The van der Waals surface area contributed by atoms with Crippen molar-refractivity contribution >= 4 is 5.69 Å². The van der Waals surface area contributed by atoms with Crippen molar-refractivity contribution in [3.8, 4) is 5.75 Å². The van der Waals surface area contributed by atoms with Crippen molar-refractivity contribution in [3.05, 3.63) is 59.7 Å². The SMILES string of the molecule is CN(C)c1ccc(OCC(F)(F)F)c(CNN2CCCCC2c2ccccc2)c1. The van der Waals surface area contributed by atoms with Gasteiger partial charge in [-0.05, 0) is 36.6 Å². The van der Waals surface area contributed by atoms with Crippen LogP contribution in [0.1, 0.15) is 36.4 Å². The van der Waals surface area contributed by atoms with Gasteiger partial charge in [-0.3, -0.25) is 5.43 Å². The monoisotopic (exact) mass is 407 g/mol. The molecule has 0 amide bonds. The fourth-order valence-electron chi connectivity index (χ4n) is 3.61. The Morgan fingerprint density at radius 1 is 1.10 bits per heavy atom. The first-order valence-corrected chi connectivity index (χ1v) is 9.88. The highest BCUT2D eigenvalue weighted by atomic mass is 19.4. The number of nitrogens with zero attached hydrogens (tertiary/aromatic N) is 2. The first-order chi connectivity index (χ1) is 13.8. The van der Waals surface area contributed by atoms with E-state index in [0.717, 1.165) is 31.5 Å². The van der Waals surface area contributed by atoms with Crippen LogP contribution in [0.25, 0.3) is 0 Å². The number of anilines is 1. The first-order valence-electron chi connectivity index (χ1n) is 9.88. The molecule has 29 heavy (non-hydrogen) atoms. The summed E-state index contributed by atoms with van der Waals surface area (Å²) in [6.07, 6.45) is -1.07. The number of hydrogen-bond acceptors (Lipinski definition) is 4. The van der Waals surface area contributed by atoms with E-state index in [1.54, 1.807) is 12.1 Å². The van der Waals surface area contributed by atoms with Crippen LogP contribution in [-0.4, -0.2) is 38.4 Å². The van der Waals surface area contributed by atoms with E-state index in [1.807, 2.05) is 43.3 Å². The molecule has 4 nitrogen and oxygen atoms in total. The molecule has 1 aliphatic heterocycles. The van der Waals surface area contributed by atoms with Crippen LogP contribution in [0, 0.1) is 0 Å².